The highest BCUT2D eigenvalue weighted by atomic mass is 15.0. The van der Waals surface area contributed by atoms with E-state index in [2.05, 4.69) is 29.6 Å². The lowest BCUT2D eigenvalue weighted by Crippen LogP contribution is -2.59. The predicted octanol–water partition coefficient (Wildman–Crippen LogP) is 3.03. The Morgan fingerprint density at radius 3 is 3.06 bits per heavy atom. The van der Waals surface area contributed by atoms with Crippen LogP contribution in [0.3, 0.4) is 0 Å². The molecule has 1 saturated heterocycles. The molecule has 0 aromatic heterocycles. The second kappa shape index (κ2) is 3.58. The summed E-state index contributed by atoms with van der Waals surface area (Å²) in [5.41, 5.74) is 3.88. The molecule has 1 N–H and O–H groups in total. The molecule has 1 heterocycles. The minimum absolute atomic E-state index is 0.545. The van der Waals surface area contributed by atoms with Crippen LogP contribution in [0.4, 0.5) is 0 Å². The van der Waals surface area contributed by atoms with Gasteiger partial charge in [-0.15, -0.1) is 0 Å². The van der Waals surface area contributed by atoms with Gasteiger partial charge in [0.25, 0.3) is 0 Å². The number of piperidine rings is 1. The molecule has 1 nitrogen and oxygen atoms in total. The molecule has 1 aromatic carbocycles. The van der Waals surface area contributed by atoms with Crippen LogP contribution in [0.15, 0.2) is 24.3 Å². The van der Waals surface area contributed by atoms with E-state index >= 15 is 0 Å². The number of benzene rings is 1. The summed E-state index contributed by atoms with van der Waals surface area (Å²) in [5, 5.41) is 3.79. The van der Waals surface area contributed by atoms with Crippen molar-refractivity contribution in [2.24, 2.45) is 5.92 Å². The Morgan fingerprint density at radius 2 is 2.06 bits per heavy atom. The summed E-state index contributed by atoms with van der Waals surface area (Å²) >= 11 is 0. The molecule has 2 aliphatic carbocycles. The summed E-state index contributed by atoms with van der Waals surface area (Å²) in [6.45, 7) is 1.23. The van der Waals surface area contributed by atoms with Crippen molar-refractivity contribution < 1.29 is 0 Å². The molecular weight excluding hydrogens is 206 g/mol. The molecular formula is C16H21N. The largest absolute Gasteiger partial charge is 0.313 e. The zero-order chi connectivity index (χ0) is 11.3. The lowest BCUT2D eigenvalue weighted by atomic mass is 9.53. The first-order valence-corrected chi connectivity index (χ1v) is 7.22. The van der Waals surface area contributed by atoms with Gasteiger partial charge in [-0.3, -0.25) is 0 Å². The van der Waals surface area contributed by atoms with Gasteiger partial charge in [-0.1, -0.05) is 37.1 Å². The van der Waals surface area contributed by atoms with Crippen molar-refractivity contribution in [1.29, 1.82) is 0 Å². The average Bonchev–Trinajstić information content (AvgIpc) is 2.39. The van der Waals surface area contributed by atoms with Crippen molar-refractivity contribution in [2.75, 3.05) is 6.54 Å². The third-order valence-electron chi connectivity index (χ3n) is 5.55. The first-order chi connectivity index (χ1) is 8.40. The van der Waals surface area contributed by atoms with Crippen LogP contribution < -0.4 is 5.32 Å². The van der Waals surface area contributed by atoms with Gasteiger partial charge < -0.3 is 5.32 Å². The Bertz CT molecular complexity index is 435. The normalized spacial score (nSPS) is 39.3. The lowest BCUT2D eigenvalue weighted by Gasteiger charge is -2.56. The van der Waals surface area contributed by atoms with E-state index in [0.717, 1.165) is 12.0 Å². The lowest BCUT2D eigenvalue weighted by molar-refractivity contribution is 0.0798. The Morgan fingerprint density at radius 1 is 1.12 bits per heavy atom. The van der Waals surface area contributed by atoms with Gasteiger partial charge in [0.2, 0.25) is 0 Å². The summed E-state index contributed by atoms with van der Waals surface area (Å²) in [5.74, 6) is 0.917. The highest BCUT2D eigenvalue weighted by molar-refractivity contribution is 5.41. The van der Waals surface area contributed by atoms with Gasteiger partial charge in [0.15, 0.2) is 0 Å². The maximum Gasteiger partial charge on any atom is 0.0144 e. The predicted molar refractivity (Wildman–Crippen MR) is 70.2 cm³/mol. The molecule has 0 spiro atoms. The number of fused-ring (bicyclic) bond motifs is 1. The standard InChI is InChI=1S/C16H21N/c1-2-6-13-12(5-1)11-15-14-7-3-4-8-16(13,14)9-10-17-15/h1-2,5-6,14-15,17H,3-4,7-11H2/t14-,15+,16-/m1/s1. The molecule has 17 heavy (non-hydrogen) atoms. The molecule has 0 unspecified atom stereocenters. The second-order valence-electron chi connectivity index (χ2n) is 6.18. The highest BCUT2D eigenvalue weighted by Gasteiger charge is 2.51. The van der Waals surface area contributed by atoms with Crippen LogP contribution in [-0.2, 0) is 11.8 Å². The number of rotatable bonds is 0. The molecule has 3 aliphatic rings. The number of nitrogens with one attached hydrogen (secondary N) is 1. The Kier molecular flexibility index (Phi) is 2.14. The SMILES string of the molecule is c1ccc2c(c1)C[C@@H]1NCC[C@]23CCCC[C@H]13. The van der Waals surface area contributed by atoms with E-state index in [0.29, 0.717) is 5.41 Å². The Labute approximate surface area is 104 Å². The van der Waals surface area contributed by atoms with Crippen molar-refractivity contribution in [3.63, 3.8) is 0 Å². The molecule has 1 aliphatic heterocycles. The van der Waals surface area contributed by atoms with Gasteiger partial charge >= 0.3 is 0 Å². The highest BCUT2D eigenvalue weighted by Crippen LogP contribution is 2.53. The van der Waals surface area contributed by atoms with Gasteiger partial charge in [0.05, 0.1) is 0 Å². The third kappa shape index (κ3) is 1.29. The maximum atomic E-state index is 3.79. The monoisotopic (exact) mass is 227 g/mol. The first-order valence-electron chi connectivity index (χ1n) is 7.22. The smallest absolute Gasteiger partial charge is 0.0144 e. The molecule has 3 atom stereocenters. The molecule has 1 heteroatoms. The van der Waals surface area contributed by atoms with Crippen LogP contribution in [-0.4, -0.2) is 12.6 Å². The van der Waals surface area contributed by atoms with Crippen LogP contribution in [0.5, 0.6) is 0 Å². The van der Waals surface area contributed by atoms with E-state index < -0.39 is 0 Å². The fraction of sp³-hybridized carbons (Fsp3) is 0.625. The average molecular weight is 227 g/mol. The van der Waals surface area contributed by atoms with E-state index in [-0.39, 0.29) is 0 Å². The first kappa shape index (κ1) is 10.1. The van der Waals surface area contributed by atoms with E-state index in [4.69, 9.17) is 0 Å². The fourth-order valence-corrected chi connectivity index (χ4v) is 4.89. The summed E-state index contributed by atoms with van der Waals surface area (Å²) in [7, 11) is 0. The van der Waals surface area contributed by atoms with Crippen molar-refractivity contribution in [3.05, 3.63) is 35.4 Å². The van der Waals surface area contributed by atoms with Gasteiger partial charge in [0, 0.05) is 11.5 Å². The molecule has 0 amide bonds. The van der Waals surface area contributed by atoms with Crippen molar-refractivity contribution in [3.8, 4) is 0 Å². The number of hydrogen-bond acceptors (Lipinski definition) is 1. The fourth-order valence-electron chi connectivity index (χ4n) is 4.89. The molecule has 1 aromatic rings. The Hall–Kier alpha value is -0.820. The molecule has 1 saturated carbocycles. The number of hydrogen-bond donors (Lipinski definition) is 1. The molecule has 90 valence electrons. The van der Waals surface area contributed by atoms with E-state index in [1.165, 1.54) is 45.1 Å². The summed E-state index contributed by atoms with van der Waals surface area (Å²) in [6.07, 6.45) is 8.41. The summed E-state index contributed by atoms with van der Waals surface area (Å²) < 4.78 is 0. The maximum absolute atomic E-state index is 3.79. The summed E-state index contributed by atoms with van der Waals surface area (Å²) in [6, 6.07) is 10.0. The molecule has 0 radical (unpaired) electrons. The van der Waals surface area contributed by atoms with Crippen molar-refractivity contribution >= 4 is 0 Å². The van der Waals surface area contributed by atoms with Crippen LogP contribution in [0.25, 0.3) is 0 Å². The van der Waals surface area contributed by atoms with Gasteiger partial charge in [-0.05, 0) is 49.3 Å². The van der Waals surface area contributed by atoms with Gasteiger partial charge in [-0.2, -0.15) is 0 Å². The zero-order valence-corrected chi connectivity index (χ0v) is 10.4. The van der Waals surface area contributed by atoms with E-state index in [9.17, 15) is 0 Å². The Balaban J connectivity index is 1.90. The quantitative estimate of drug-likeness (QED) is 0.718. The van der Waals surface area contributed by atoms with Crippen molar-refractivity contribution in [2.45, 2.75) is 50.0 Å². The van der Waals surface area contributed by atoms with Crippen LogP contribution in [0.1, 0.15) is 43.2 Å². The third-order valence-corrected chi connectivity index (χ3v) is 5.55. The van der Waals surface area contributed by atoms with E-state index in [1.54, 1.807) is 11.1 Å². The van der Waals surface area contributed by atoms with Crippen molar-refractivity contribution in [1.82, 2.24) is 5.32 Å². The zero-order valence-electron chi connectivity index (χ0n) is 10.4. The van der Waals surface area contributed by atoms with Gasteiger partial charge in [0.1, 0.15) is 0 Å². The van der Waals surface area contributed by atoms with E-state index in [1.807, 2.05) is 0 Å². The molecule has 4 rings (SSSR count). The minimum atomic E-state index is 0.545. The second-order valence-corrected chi connectivity index (χ2v) is 6.18. The van der Waals surface area contributed by atoms with Gasteiger partial charge in [-0.25, -0.2) is 0 Å². The topological polar surface area (TPSA) is 12.0 Å². The minimum Gasteiger partial charge on any atom is -0.313 e. The molecule has 2 fully saturated rings. The summed E-state index contributed by atoms with van der Waals surface area (Å²) in [4.78, 5) is 0. The van der Waals surface area contributed by atoms with Crippen LogP contribution >= 0.6 is 0 Å². The van der Waals surface area contributed by atoms with Crippen LogP contribution in [0, 0.1) is 5.92 Å². The molecule has 2 bridgehead atoms. The van der Waals surface area contributed by atoms with Crippen LogP contribution in [0.2, 0.25) is 0 Å².